The first-order valence-electron chi connectivity index (χ1n) is 7.02. The van der Waals surface area contributed by atoms with Gasteiger partial charge in [-0.25, -0.2) is 4.98 Å². The van der Waals surface area contributed by atoms with Crippen molar-refractivity contribution in [3.05, 3.63) is 15.6 Å². The monoisotopic (exact) mass is 250 g/mol. The van der Waals surface area contributed by atoms with Crippen LogP contribution < -0.4 is 5.32 Å². The summed E-state index contributed by atoms with van der Waals surface area (Å²) in [5.41, 5.74) is 1.40. The molecule has 2 atom stereocenters. The highest BCUT2D eigenvalue weighted by Gasteiger charge is 2.30. The van der Waals surface area contributed by atoms with E-state index in [1.807, 2.05) is 11.3 Å². The third-order valence-corrected chi connectivity index (χ3v) is 5.32. The van der Waals surface area contributed by atoms with Gasteiger partial charge in [0.25, 0.3) is 0 Å². The molecule has 2 aliphatic rings. The van der Waals surface area contributed by atoms with Crippen molar-refractivity contribution in [3.63, 3.8) is 0 Å². The highest BCUT2D eigenvalue weighted by atomic mass is 32.1. The molecule has 0 aliphatic heterocycles. The molecule has 1 N–H and O–H groups in total. The molecular weight excluding hydrogens is 228 g/mol. The second-order valence-electron chi connectivity index (χ2n) is 5.58. The molecule has 3 heteroatoms. The van der Waals surface area contributed by atoms with Crippen molar-refractivity contribution in [3.8, 4) is 0 Å². The molecule has 17 heavy (non-hydrogen) atoms. The number of rotatable bonds is 5. The van der Waals surface area contributed by atoms with Crippen LogP contribution in [-0.4, -0.2) is 11.0 Å². The Bertz CT molecular complexity index is 373. The number of hydrogen-bond acceptors (Lipinski definition) is 3. The van der Waals surface area contributed by atoms with Crippen molar-refractivity contribution in [1.29, 1.82) is 0 Å². The van der Waals surface area contributed by atoms with E-state index in [0.717, 1.165) is 6.04 Å². The van der Waals surface area contributed by atoms with Crippen LogP contribution in [0.3, 0.4) is 0 Å². The average Bonchev–Trinajstić information content (AvgIpc) is 2.89. The minimum Gasteiger partial charge on any atom is -0.305 e. The van der Waals surface area contributed by atoms with Gasteiger partial charge in [0, 0.05) is 10.9 Å². The van der Waals surface area contributed by atoms with Crippen molar-refractivity contribution in [2.45, 2.75) is 64.5 Å². The Morgan fingerprint density at radius 2 is 2.24 bits per heavy atom. The SMILES string of the molecule is CCC(C)C(NC1CC1)c1nc2c(s1)CCC2. The van der Waals surface area contributed by atoms with Gasteiger partial charge in [0.1, 0.15) is 5.01 Å². The van der Waals surface area contributed by atoms with Gasteiger partial charge in [-0.05, 0) is 38.0 Å². The highest BCUT2D eigenvalue weighted by molar-refractivity contribution is 7.11. The summed E-state index contributed by atoms with van der Waals surface area (Å²) in [5.74, 6) is 0.696. The van der Waals surface area contributed by atoms with Crippen LogP contribution in [0.4, 0.5) is 0 Å². The van der Waals surface area contributed by atoms with E-state index in [2.05, 4.69) is 19.2 Å². The third-order valence-electron chi connectivity index (χ3n) is 4.08. The molecule has 0 bridgehead atoms. The normalized spacial score (nSPS) is 22.5. The van der Waals surface area contributed by atoms with E-state index in [4.69, 9.17) is 4.98 Å². The smallest absolute Gasteiger partial charge is 0.110 e. The zero-order chi connectivity index (χ0) is 11.8. The van der Waals surface area contributed by atoms with E-state index in [1.165, 1.54) is 49.2 Å². The van der Waals surface area contributed by atoms with Gasteiger partial charge in [-0.15, -0.1) is 11.3 Å². The van der Waals surface area contributed by atoms with E-state index >= 15 is 0 Å². The van der Waals surface area contributed by atoms with Crippen molar-refractivity contribution in [2.24, 2.45) is 5.92 Å². The molecule has 0 aromatic carbocycles. The highest BCUT2D eigenvalue weighted by Crippen LogP contribution is 2.36. The summed E-state index contributed by atoms with van der Waals surface area (Å²) in [4.78, 5) is 6.46. The van der Waals surface area contributed by atoms with Crippen LogP contribution in [0.25, 0.3) is 0 Å². The van der Waals surface area contributed by atoms with Crippen LogP contribution in [0.5, 0.6) is 0 Å². The van der Waals surface area contributed by atoms with E-state index in [9.17, 15) is 0 Å². The van der Waals surface area contributed by atoms with Crippen LogP contribution in [-0.2, 0) is 12.8 Å². The number of thiazole rings is 1. The van der Waals surface area contributed by atoms with Crippen LogP contribution >= 0.6 is 11.3 Å². The first kappa shape index (κ1) is 11.7. The second-order valence-corrected chi connectivity index (χ2v) is 6.69. The van der Waals surface area contributed by atoms with Gasteiger partial charge in [-0.1, -0.05) is 20.3 Å². The van der Waals surface area contributed by atoms with Crippen molar-refractivity contribution >= 4 is 11.3 Å². The summed E-state index contributed by atoms with van der Waals surface area (Å²) in [6, 6.07) is 1.27. The lowest BCUT2D eigenvalue weighted by Crippen LogP contribution is -2.28. The lowest BCUT2D eigenvalue weighted by atomic mass is 9.99. The Kier molecular flexibility index (Phi) is 3.22. The van der Waals surface area contributed by atoms with Gasteiger partial charge in [0.2, 0.25) is 0 Å². The molecule has 0 saturated heterocycles. The molecule has 1 saturated carbocycles. The number of aryl methyl sites for hydroxylation is 2. The standard InChI is InChI=1S/C14H22N2S/c1-3-9(2)13(15-10-7-8-10)14-16-11-5-4-6-12(11)17-14/h9-10,13,15H,3-8H2,1-2H3. The Balaban J connectivity index is 1.80. The largest absolute Gasteiger partial charge is 0.305 e. The molecule has 1 fully saturated rings. The zero-order valence-corrected chi connectivity index (χ0v) is 11.6. The predicted octanol–water partition coefficient (Wildman–Crippen LogP) is 3.47. The summed E-state index contributed by atoms with van der Waals surface area (Å²) in [5, 5.41) is 5.15. The first-order valence-corrected chi connectivity index (χ1v) is 7.84. The minimum atomic E-state index is 0.503. The summed E-state index contributed by atoms with van der Waals surface area (Å²) in [7, 11) is 0. The zero-order valence-electron chi connectivity index (χ0n) is 10.8. The van der Waals surface area contributed by atoms with Gasteiger partial charge in [-0.3, -0.25) is 0 Å². The summed E-state index contributed by atoms with van der Waals surface area (Å²) >= 11 is 1.97. The molecule has 2 aliphatic carbocycles. The average molecular weight is 250 g/mol. The fraction of sp³-hybridized carbons (Fsp3) is 0.786. The molecule has 1 aromatic rings. The Hall–Kier alpha value is -0.410. The second kappa shape index (κ2) is 4.69. The minimum absolute atomic E-state index is 0.503. The van der Waals surface area contributed by atoms with Gasteiger partial charge in [0.15, 0.2) is 0 Å². The molecule has 2 unspecified atom stereocenters. The maximum atomic E-state index is 4.90. The lowest BCUT2D eigenvalue weighted by molar-refractivity contribution is 0.372. The van der Waals surface area contributed by atoms with Crippen molar-refractivity contribution in [1.82, 2.24) is 10.3 Å². The fourth-order valence-electron chi connectivity index (χ4n) is 2.56. The molecule has 94 valence electrons. The van der Waals surface area contributed by atoms with Crippen molar-refractivity contribution in [2.75, 3.05) is 0 Å². The number of aromatic nitrogens is 1. The number of nitrogens with one attached hydrogen (secondary N) is 1. The van der Waals surface area contributed by atoms with E-state index in [-0.39, 0.29) is 0 Å². The third kappa shape index (κ3) is 2.41. The molecule has 0 spiro atoms. The van der Waals surface area contributed by atoms with Gasteiger partial charge in [0.05, 0.1) is 11.7 Å². The predicted molar refractivity (Wildman–Crippen MR) is 72.5 cm³/mol. The Morgan fingerprint density at radius 3 is 2.88 bits per heavy atom. The molecule has 3 rings (SSSR count). The lowest BCUT2D eigenvalue weighted by Gasteiger charge is -2.22. The van der Waals surface area contributed by atoms with Crippen LogP contribution in [0.1, 0.15) is 61.2 Å². The first-order chi connectivity index (χ1) is 8.28. The summed E-state index contributed by atoms with van der Waals surface area (Å²) in [6.07, 6.45) is 7.75. The number of hydrogen-bond donors (Lipinski definition) is 1. The molecular formula is C14H22N2S. The van der Waals surface area contributed by atoms with Crippen LogP contribution in [0, 0.1) is 5.92 Å². The Morgan fingerprint density at radius 1 is 1.41 bits per heavy atom. The van der Waals surface area contributed by atoms with Gasteiger partial charge < -0.3 is 5.32 Å². The van der Waals surface area contributed by atoms with Crippen LogP contribution in [0.15, 0.2) is 0 Å². The van der Waals surface area contributed by atoms with E-state index < -0.39 is 0 Å². The summed E-state index contributed by atoms with van der Waals surface area (Å²) < 4.78 is 0. The Labute approximate surface area is 108 Å². The molecule has 0 amide bonds. The van der Waals surface area contributed by atoms with Gasteiger partial charge >= 0.3 is 0 Å². The van der Waals surface area contributed by atoms with Crippen LogP contribution in [0.2, 0.25) is 0 Å². The topological polar surface area (TPSA) is 24.9 Å². The quantitative estimate of drug-likeness (QED) is 0.865. The van der Waals surface area contributed by atoms with E-state index in [1.54, 1.807) is 4.88 Å². The summed E-state index contributed by atoms with van der Waals surface area (Å²) in [6.45, 7) is 4.64. The maximum absolute atomic E-state index is 4.90. The molecule has 0 radical (unpaired) electrons. The number of nitrogens with zero attached hydrogens (tertiary/aromatic N) is 1. The molecule has 1 aromatic heterocycles. The maximum Gasteiger partial charge on any atom is 0.110 e. The van der Waals surface area contributed by atoms with Gasteiger partial charge in [-0.2, -0.15) is 0 Å². The fourth-order valence-corrected chi connectivity index (χ4v) is 3.91. The molecule has 1 heterocycles. The van der Waals surface area contributed by atoms with Crippen molar-refractivity contribution < 1.29 is 0 Å². The van der Waals surface area contributed by atoms with E-state index in [0.29, 0.717) is 12.0 Å². The number of fused-ring (bicyclic) bond motifs is 1. The molecule has 2 nitrogen and oxygen atoms in total.